The van der Waals surface area contributed by atoms with Crippen LogP contribution in [0.15, 0.2) is 22.5 Å². The van der Waals surface area contributed by atoms with E-state index in [2.05, 4.69) is 52.9 Å². The molecular formula is C22H28N4OS2. The number of nitrogens with zero attached hydrogens (tertiary/aromatic N) is 2. The molecule has 29 heavy (non-hydrogen) atoms. The average molecular weight is 429 g/mol. The minimum atomic E-state index is 0.0865. The van der Waals surface area contributed by atoms with E-state index in [0.29, 0.717) is 5.75 Å². The van der Waals surface area contributed by atoms with Gasteiger partial charge in [-0.15, -0.1) is 10.2 Å². The summed E-state index contributed by atoms with van der Waals surface area (Å²) in [6, 6.07) is 6.30. The number of carbonyl (C=O) groups excluding carboxylic acids is 1. The summed E-state index contributed by atoms with van der Waals surface area (Å²) >= 11 is 2.99. The molecule has 2 N–H and O–H groups in total. The smallest absolute Gasteiger partial charge is 0.230 e. The molecule has 1 amide bonds. The van der Waals surface area contributed by atoms with E-state index in [1.807, 2.05) is 0 Å². The molecule has 154 valence electrons. The van der Waals surface area contributed by atoms with Gasteiger partial charge in [0.05, 0.1) is 5.75 Å². The van der Waals surface area contributed by atoms with Gasteiger partial charge >= 0.3 is 0 Å². The number of aryl methyl sites for hydroxylation is 2. The van der Waals surface area contributed by atoms with Gasteiger partial charge in [-0.05, 0) is 81.8 Å². The maximum absolute atomic E-state index is 12.7. The van der Waals surface area contributed by atoms with Crippen molar-refractivity contribution in [2.75, 3.05) is 11.1 Å². The van der Waals surface area contributed by atoms with Gasteiger partial charge in [-0.1, -0.05) is 40.8 Å². The fraction of sp³-hybridized carbons (Fsp3) is 0.591. The van der Waals surface area contributed by atoms with Crippen LogP contribution in [0.4, 0.5) is 10.8 Å². The molecule has 4 aliphatic carbocycles. The van der Waals surface area contributed by atoms with Crippen molar-refractivity contribution in [2.24, 2.45) is 17.8 Å². The fourth-order valence-corrected chi connectivity index (χ4v) is 7.67. The third-order valence-electron chi connectivity index (χ3n) is 6.80. The molecule has 0 spiro atoms. The lowest BCUT2D eigenvalue weighted by Gasteiger charge is -2.56. The third-order valence-corrected chi connectivity index (χ3v) is 8.77. The van der Waals surface area contributed by atoms with Gasteiger partial charge in [-0.25, -0.2) is 0 Å². The first-order valence-corrected chi connectivity index (χ1v) is 12.4. The number of thioether (sulfide) groups is 1. The number of amides is 1. The lowest BCUT2D eigenvalue weighted by molar-refractivity contribution is -0.124. The Morgan fingerprint density at radius 1 is 1.14 bits per heavy atom. The zero-order chi connectivity index (χ0) is 20.0. The molecule has 4 aliphatic rings. The monoisotopic (exact) mass is 428 g/mol. The molecule has 0 atom stereocenters. The van der Waals surface area contributed by atoms with Gasteiger partial charge in [0.15, 0.2) is 4.34 Å². The van der Waals surface area contributed by atoms with E-state index in [4.69, 9.17) is 0 Å². The van der Waals surface area contributed by atoms with Crippen LogP contribution in [0.3, 0.4) is 0 Å². The van der Waals surface area contributed by atoms with Crippen LogP contribution >= 0.6 is 23.1 Å². The number of aromatic nitrogens is 2. The quantitative estimate of drug-likeness (QED) is 0.629. The van der Waals surface area contributed by atoms with E-state index >= 15 is 0 Å². The highest BCUT2D eigenvalue weighted by molar-refractivity contribution is 8.01. The Balaban J connectivity index is 1.15. The molecule has 6 rings (SSSR count). The molecule has 4 fully saturated rings. The van der Waals surface area contributed by atoms with E-state index in [1.54, 1.807) is 0 Å². The van der Waals surface area contributed by atoms with Gasteiger partial charge in [0.1, 0.15) is 0 Å². The van der Waals surface area contributed by atoms with Crippen LogP contribution in [-0.2, 0) is 4.79 Å². The van der Waals surface area contributed by atoms with Crippen LogP contribution < -0.4 is 10.6 Å². The Hall–Kier alpha value is -1.60. The zero-order valence-corrected chi connectivity index (χ0v) is 18.7. The average Bonchev–Trinajstić information content (AvgIpc) is 3.08. The highest BCUT2D eigenvalue weighted by Crippen LogP contribution is 2.55. The van der Waals surface area contributed by atoms with Crippen molar-refractivity contribution in [2.45, 2.75) is 62.3 Å². The Kier molecular flexibility index (Phi) is 5.06. The van der Waals surface area contributed by atoms with Crippen LogP contribution in [0.25, 0.3) is 0 Å². The maximum atomic E-state index is 12.7. The van der Waals surface area contributed by atoms with Gasteiger partial charge < -0.3 is 10.6 Å². The van der Waals surface area contributed by atoms with Gasteiger partial charge in [-0.2, -0.15) is 0 Å². The fourth-order valence-electron chi connectivity index (χ4n) is 6.11. The Morgan fingerprint density at radius 3 is 2.48 bits per heavy atom. The molecule has 0 unspecified atom stereocenters. The highest BCUT2D eigenvalue weighted by atomic mass is 32.2. The van der Waals surface area contributed by atoms with Crippen LogP contribution in [0.2, 0.25) is 0 Å². The summed E-state index contributed by atoms with van der Waals surface area (Å²) in [5.41, 5.74) is 3.56. The number of nitrogens with one attached hydrogen (secondary N) is 2. The molecule has 4 saturated carbocycles. The lowest BCUT2D eigenvalue weighted by Crippen LogP contribution is -2.60. The largest absolute Gasteiger partial charge is 0.350 e. The first-order chi connectivity index (χ1) is 14.0. The number of hydrogen-bond acceptors (Lipinski definition) is 6. The van der Waals surface area contributed by atoms with Crippen molar-refractivity contribution < 1.29 is 4.79 Å². The highest BCUT2D eigenvalue weighted by Gasteiger charge is 2.51. The van der Waals surface area contributed by atoms with Gasteiger partial charge in [0.25, 0.3) is 0 Å². The van der Waals surface area contributed by atoms with Gasteiger partial charge in [0, 0.05) is 11.2 Å². The molecule has 7 heteroatoms. The third kappa shape index (κ3) is 4.17. The standard InChI is InChI=1S/C22H28N4OS2/c1-13-3-4-18(14(2)5-13)23-20-25-26-21(29-20)28-12-19(27)24-22-9-15-6-16(10-22)8-17(7-15)11-22/h3-5,15-17H,6-12H2,1-2H3,(H,23,25)(H,24,27). The maximum Gasteiger partial charge on any atom is 0.230 e. The van der Waals surface area contributed by atoms with E-state index < -0.39 is 0 Å². The van der Waals surface area contributed by atoms with E-state index in [9.17, 15) is 4.79 Å². The lowest BCUT2D eigenvalue weighted by atomic mass is 9.53. The summed E-state index contributed by atoms with van der Waals surface area (Å²) in [6.07, 6.45) is 7.76. The normalized spacial score (nSPS) is 29.8. The minimum absolute atomic E-state index is 0.0865. The van der Waals surface area contributed by atoms with Crippen molar-refractivity contribution in [3.05, 3.63) is 29.3 Å². The summed E-state index contributed by atoms with van der Waals surface area (Å²) in [4.78, 5) is 12.7. The predicted octanol–water partition coefficient (Wildman–Crippen LogP) is 5.08. The molecule has 5 nitrogen and oxygen atoms in total. The first kappa shape index (κ1) is 19.4. The molecule has 0 saturated heterocycles. The van der Waals surface area contributed by atoms with Crippen LogP contribution in [0, 0.1) is 31.6 Å². The second kappa shape index (κ2) is 7.58. The topological polar surface area (TPSA) is 66.9 Å². The Labute approximate surface area is 180 Å². The minimum Gasteiger partial charge on any atom is -0.350 e. The summed E-state index contributed by atoms with van der Waals surface area (Å²) < 4.78 is 0.831. The second-order valence-corrected chi connectivity index (χ2v) is 11.6. The predicted molar refractivity (Wildman–Crippen MR) is 119 cm³/mol. The van der Waals surface area contributed by atoms with E-state index in [0.717, 1.165) is 32.9 Å². The number of rotatable bonds is 6. The summed E-state index contributed by atoms with van der Waals surface area (Å²) in [5, 5.41) is 16.0. The van der Waals surface area contributed by atoms with Crippen molar-refractivity contribution >= 4 is 39.8 Å². The summed E-state index contributed by atoms with van der Waals surface area (Å²) in [7, 11) is 0. The zero-order valence-electron chi connectivity index (χ0n) is 17.0. The van der Waals surface area contributed by atoms with Gasteiger partial charge in [-0.3, -0.25) is 4.79 Å². The Bertz CT molecular complexity index is 890. The van der Waals surface area contributed by atoms with E-state index in [1.165, 1.54) is 72.8 Å². The number of carbonyl (C=O) groups is 1. The SMILES string of the molecule is Cc1ccc(Nc2nnc(SCC(=O)NC34CC5CC(CC(C5)C3)C4)s2)c(C)c1. The Morgan fingerprint density at radius 2 is 1.83 bits per heavy atom. The number of hydrogen-bond donors (Lipinski definition) is 2. The molecular weight excluding hydrogens is 400 g/mol. The molecule has 4 bridgehead atoms. The molecule has 0 radical (unpaired) electrons. The molecule has 1 aromatic carbocycles. The molecule has 2 aromatic rings. The number of benzene rings is 1. The molecule has 1 heterocycles. The van der Waals surface area contributed by atoms with Crippen molar-refractivity contribution in [3.8, 4) is 0 Å². The second-order valence-electron chi connectivity index (χ2n) is 9.35. The first-order valence-electron chi connectivity index (χ1n) is 10.6. The van der Waals surface area contributed by atoms with Gasteiger partial charge in [0.2, 0.25) is 11.0 Å². The van der Waals surface area contributed by atoms with Crippen molar-refractivity contribution in [1.82, 2.24) is 15.5 Å². The van der Waals surface area contributed by atoms with Crippen molar-refractivity contribution in [3.63, 3.8) is 0 Å². The molecule has 1 aromatic heterocycles. The number of anilines is 2. The summed E-state index contributed by atoms with van der Waals surface area (Å²) in [6.45, 7) is 4.17. The van der Waals surface area contributed by atoms with Crippen LogP contribution in [-0.4, -0.2) is 27.4 Å². The van der Waals surface area contributed by atoms with Crippen LogP contribution in [0.1, 0.15) is 49.7 Å². The summed E-state index contributed by atoms with van der Waals surface area (Å²) in [5.74, 6) is 3.10. The van der Waals surface area contributed by atoms with E-state index in [-0.39, 0.29) is 11.4 Å². The molecule has 0 aliphatic heterocycles. The van der Waals surface area contributed by atoms with Crippen LogP contribution in [0.5, 0.6) is 0 Å². The van der Waals surface area contributed by atoms with Crippen molar-refractivity contribution in [1.29, 1.82) is 0 Å².